The molecule has 1 aromatic rings. The first-order valence-electron chi connectivity index (χ1n) is 5.20. The van der Waals surface area contributed by atoms with Crippen LogP contribution in [-0.4, -0.2) is 13.1 Å². The average Bonchev–Trinajstić information content (AvgIpc) is 2.62. The Morgan fingerprint density at radius 2 is 2.14 bits per heavy atom. The summed E-state index contributed by atoms with van der Waals surface area (Å²) in [6.07, 6.45) is 3.45. The predicted octanol–water partition coefficient (Wildman–Crippen LogP) is 2.54. The van der Waals surface area contributed by atoms with Crippen molar-refractivity contribution in [1.82, 2.24) is 5.32 Å². The molecule has 14 heavy (non-hydrogen) atoms. The summed E-state index contributed by atoms with van der Waals surface area (Å²) >= 11 is 0. The Morgan fingerprint density at radius 1 is 1.36 bits per heavy atom. The molecule has 1 heteroatoms. The van der Waals surface area contributed by atoms with Crippen molar-refractivity contribution in [2.75, 3.05) is 7.05 Å². The summed E-state index contributed by atoms with van der Waals surface area (Å²) in [7, 11) is 2.01. The molecule has 1 aliphatic rings. The van der Waals surface area contributed by atoms with Gasteiger partial charge in [0.15, 0.2) is 0 Å². The summed E-state index contributed by atoms with van der Waals surface area (Å²) in [5.74, 6) is 0. The molecule has 1 aliphatic carbocycles. The third-order valence-corrected chi connectivity index (χ3v) is 3.15. The molecule has 0 saturated carbocycles. The van der Waals surface area contributed by atoms with Crippen molar-refractivity contribution in [1.29, 1.82) is 0 Å². The normalized spacial score (nSPS) is 16.4. The molecular weight excluding hydrogens is 170 g/mol. The number of allylic oxidation sites excluding steroid dienone is 1. The summed E-state index contributed by atoms with van der Waals surface area (Å²) in [6, 6.07) is 7.03. The summed E-state index contributed by atoms with van der Waals surface area (Å²) in [5.41, 5.74) is 5.81. The van der Waals surface area contributed by atoms with Gasteiger partial charge >= 0.3 is 0 Å². The van der Waals surface area contributed by atoms with E-state index >= 15 is 0 Å². The van der Waals surface area contributed by atoms with Crippen LogP contribution in [0.3, 0.4) is 0 Å². The number of fused-ring (bicyclic) bond motifs is 1. The van der Waals surface area contributed by atoms with Gasteiger partial charge in [-0.05, 0) is 49.6 Å². The van der Waals surface area contributed by atoms with Crippen LogP contribution >= 0.6 is 0 Å². The van der Waals surface area contributed by atoms with Crippen LogP contribution in [0.15, 0.2) is 24.3 Å². The molecule has 0 saturated heterocycles. The second-order valence-electron chi connectivity index (χ2n) is 3.97. The highest BCUT2D eigenvalue weighted by Crippen LogP contribution is 2.31. The quantitative estimate of drug-likeness (QED) is 0.750. The minimum Gasteiger partial charge on any atom is -0.313 e. The molecule has 1 unspecified atom stereocenters. The lowest BCUT2D eigenvalue weighted by Gasteiger charge is -2.14. The third kappa shape index (κ3) is 1.38. The Kier molecular flexibility index (Phi) is 2.42. The van der Waals surface area contributed by atoms with E-state index in [1.165, 1.54) is 22.3 Å². The van der Waals surface area contributed by atoms with E-state index in [0.29, 0.717) is 6.04 Å². The molecule has 0 bridgehead atoms. The highest BCUT2D eigenvalue weighted by Gasteiger charge is 2.18. The Bertz CT molecular complexity index is 377. The number of hydrogen-bond donors (Lipinski definition) is 1. The minimum atomic E-state index is 0.457. The van der Waals surface area contributed by atoms with E-state index in [2.05, 4.69) is 43.4 Å². The van der Waals surface area contributed by atoms with Gasteiger partial charge in [0.2, 0.25) is 0 Å². The fraction of sp³-hybridized carbons (Fsp3) is 0.385. The summed E-state index contributed by atoms with van der Waals surface area (Å²) in [5, 5.41) is 3.30. The largest absolute Gasteiger partial charge is 0.313 e. The van der Waals surface area contributed by atoms with Gasteiger partial charge in [-0.25, -0.2) is 0 Å². The third-order valence-electron chi connectivity index (χ3n) is 3.15. The predicted molar refractivity (Wildman–Crippen MR) is 61.4 cm³/mol. The van der Waals surface area contributed by atoms with Crippen LogP contribution in [-0.2, 0) is 6.42 Å². The van der Waals surface area contributed by atoms with Crippen LogP contribution in [0.1, 0.15) is 23.6 Å². The number of benzene rings is 1. The Labute approximate surface area is 85.8 Å². The van der Waals surface area contributed by atoms with Crippen LogP contribution in [0.4, 0.5) is 0 Å². The van der Waals surface area contributed by atoms with Crippen molar-refractivity contribution in [2.24, 2.45) is 0 Å². The minimum absolute atomic E-state index is 0.457. The van der Waals surface area contributed by atoms with Crippen molar-refractivity contribution in [3.63, 3.8) is 0 Å². The van der Waals surface area contributed by atoms with Gasteiger partial charge in [-0.3, -0.25) is 0 Å². The molecule has 0 fully saturated rings. The molecule has 2 rings (SSSR count). The van der Waals surface area contributed by atoms with E-state index in [1.807, 2.05) is 7.05 Å². The number of hydrogen-bond acceptors (Lipinski definition) is 1. The lowest BCUT2D eigenvalue weighted by molar-refractivity contribution is 0.745. The Morgan fingerprint density at radius 3 is 2.86 bits per heavy atom. The lowest BCUT2D eigenvalue weighted by atomic mass is 9.98. The Hall–Kier alpha value is -1.08. The monoisotopic (exact) mass is 187 g/mol. The molecule has 1 aromatic carbocycles. The Balaban J connectivity index is 2.42. The molecule has 1 atom stereocenters. The van der Waals surface area contributed by atoms with Crippen molar-refractivity contribution in [3.05, 3.63) is 41.0 Å². The molecule has 0 aliphatic heterocycles. The van der Waals surface area contributed by atoms with Crippen molar-refractivity contribution in [2.45, 2.75) is 26.3 Å². The van der Waals surface area contributed by atoms with E-state index in [4.69, 9.17) is 0 Å². The summed E-state index contributed by atoms with van der Waals surface area (Å²) < 4.78 is 0. The maximum Gasteiger partial charge on any atom is 0.0292 e. The highest BCUT2D eigenvalue weighted by atomic mass is 14.9. The van der Waals surface area contributed by atoms with Gasteiger partial charge in [-0.1, -0.05) is 24.3 Å². The zero-order valence-electron chi connectivity index (χ0n) is 9.09. The smallest absolute Gasteiger partial charge is 0.0292 e. The van der Waals surface area contributed by atoms with Crippen LogP contribution in [0.2, 0.25) is 0 Å². The van der Waals surface area contributed by atoms with Gasteiger partial charge in [0, 0.05) is 6.04 Å². The number of nitrogens with one attached hydrogen (secondary N) is 1. The van der Waals surface area contributed by atoms with Crippen LogP contribution < -0.4 is 5.32 Å². The first-order chi connectivity index (χ1) is 6.74. The van der Waals surface area contributed by atoms with E-state index in [1.54, 1.807) is 0 Å². The first kappa shape index (κ1) is 9.47. The molecule has 1 N–H and O–H groups in total. The highest BCUT2D eigenvalue weighted by molar-refractivity contribution is 5.76. The van der Waals surface area contributed by atoms with E-state index in [0.717, 1.165) is 6.42 Å². The van der Waals surface area contributed by atoms with E-state index in [-0.39, 0.29) is 0 Å². The van der Waals surface area contributed by atoms with Crippen molar-refractivity contribution < 1.29 is 0 Å². The molecule has 0 heterocycles. The molecule has 1 nitrogen and oxygen atoms in total. The molecular formula is C13H17N. The van der Waals surface area contributed by atoms with Gasteiger partial charge in [-0.15, -0.1) is 0 Å². The summed E-state index contributed by atoms with van der Waals surface area (Å²) in [4.78, 5) is 0. The zero-order valence-corrected chi connectivity index (χ0v) is 9.09. The van der Waals surface area contributed by atoms with Gasteiger partial charge in [-0.2, -0.15) is 0 Å². The van der Waals surface area contributed by atoms with Gasteiger partial charge < -0.3 is 5.32 Å². The molecule has 0 spiro atoms. The standard InChI is InChI=1S/C13H17N/c1-9-5-4-6-13-11(9)7-8-12(13)10(2)14-3/h4-6,8,10,14H,7H2,1-3H3. The molecule has 0 aromatic heterocycles. The van der Waals surface area contributed by atoms with Crippen LogP contribution in [0, 0.1) is 6.92 Å². The van der Waals surface area contributed by atoms with Gasteiger partial charge in [0.25, 0.3) is 0 Å². The maximum absolute atomic E-state index is 3.30. The lowest BCUT2D eigenvalue weighted by Crippen LogP contribution is -2.22. The molecule has 74 valence electrons. The average molecular weight is 187 g/mol. The fourth-order valence-corrected chi connectivity index (χ4v) is 2.13. The van der Waals surface area contributed by atoms with E-state index < -0.39 is 0 Å². The van der Waals surface area contributed by atoms with Crippen LogP contribution in [0.5, 0.6) is 0 Å². The van der Waals surface area contributed by atoms with Crippen LogP contribution in [0.25, 0.3) is 5.57 Å². The van der Waals surface area contributed by atoms with Crippen molar-refractivity contribution in [3.8, 4) is 0 Å². The summed E-state index contributed by atoms with van der Waals surface area (Å²) in [6.45, 7) is 4.41. The molecule has 0 radical (unpaired) electrons. The first-order valence-corrected chi connectivity index (χ1v) is 5.20. The second-order valence-corrected chi connectivity index (χ2v) is 3.97. The van der Waals surface area contributed by atoms with E-state index in [9.17, 15) is 0 Å². The van der Waals surface area contributed by atoms with Gasteiger partial charge in [0.05, 0.1) is 0 Å². The molecule has 0 amide bonds. The topological polar surface area (TPSA) is 12.0 Å². The SMILES string of the molecule is CNC(C)C1=CCc2c(C)cccc21. The maximum atomic E-state index is 3.30. The van der Waals surface area contributed by atoms with Crippen molar-refractivity contribution >= 4 is 5.57 Å². The number of rotatable bonds is 2. The second kappa shape index (κ2) is 3.58. The number of aryl methyl sites for hydroxylation is 1. The zero-order chi connectivity index (χ0) is 10.1. The van der Waals surface area contributed by atoms with Gasteiger partial charge in [0.1, 0.15) is 0 Å². The fourth-order valence-electron chi connectivity index (χ4n) is 2.13. The number of likely N-dealkylation sites (N-methyl/N-ethyl adjacent to an activating group) is 1.